The molecule has 1 unspecified atom stereocenters. The first-order valence-corrected chi connectivity index (χ1v) is 18.2. The van der Waals surface area contributed by atoms with Gasteiger partial charge >= 0.3 is 6.03 Å². The van der Waals surface area contributed by atoms with Gasteiger partial charge in [0.1, 0.15) is 29.2 Å². The van der Waals surface area contributed by atoms with Gasteiger partial charge in [0.05, 0.1) is 29.1 Å². The summed E-state index contributed by atoms with van der Waals surface area (Å²) in [5.74, 6) is -1.11. The number of aromatic nitrogens is 4. The molecule has 0 aliphatic carbocycles. The number of nitrogens with one attached hydrogen (secondary N) is 2. The van der Waals surface area contributed by atoms with Crippen molar-refractivity contribution in [1.82, 2.24) is 34.7 Å². The highest BCUT2D eigenvalue weighted by atomic mass is 19.1. The topological polar surface area (TPSA) is 165 Å². The van der Waals surface area contributed by atoms with Gasteiger partial charge in [-0.15, -0.1) is 5.10 Å². The van der Waals surface area contributed by atoms with Crippen LogP contribution in [0.15, 0.2) is 79.0 Å². The summed E-state index contributed by atoms with van der Waals surface area (Å²) < 4.78 is 15.9. The van der Waals surface area contributed by atoms with Gasteiger partial charge in [0, 0.05) is 44.8 Å². The van der Waals surface area contributed by atoms with Crippen molar-refractivity contribution in [2.45, 2.75) is 37.8 Å². The number of hydrogen-bond donors (Lipinski definition) is 2. The Kier molecular flexibility index (Phi) is 8.43. The summed E-state index contributed by atoms with van der Waals surface area (Å²) in [6, 6.07) is 19.4. The fourth-order valence-corrected chi connectivity index (χ4v) is 7.92. The molecule has 5 aromatic rings. The van der Waals surface area contributed by atoms with Crippen molar-refractivity contribution >= 4 is 52.6 Å². The van der Waals surface area contributed by atoms with Crippen LogP contribution in [0, 0.1) is 5.82 Å². The molecular weight excluding hydrogens is 707 g/mol. The number of urea groups is 1. The van der Waals surface area contributed by atoms with E-state index in [1.54, 1.807) is 33.8 Å². The first-order chi connectivity index (χ1) is 26.7. The molecule has 4 aliphatic rings. The van der Waals surface area contributed by atoms with Gasteiger partial charge in [-0.2, -0.15) is 0 Å². The van der Waals surface area contributed by atoms with E-state index in [-0.39, 0.29) is 41.9 Å². The van der Waals surface area contributed by atoms with Crippen LogP contribution in [0.2, 0.25) is 0 Å². The van der Waals surface area contributed by atoms with Gasteiger partial charge in [0.2, 0.25) is 11.8 Å². The summed E-state index contributed by atoms with van der Waals surface area (Å²) in [6.45, 7) is 2.67. The molecule has 3 aromatic heterocycles. The number of amides is 6. The highest BCUT2D eigenvalue weighted by Crippen LogP contribution is 2.36. The summed E-state index contributed by atoms with van der Waals surface area (Å²) >= 11 is 0. The third-order valence-corrected chi connectivity index (χ3v) is 10.7. The standard InChI is InChI=1S/C39H35FN10O5/c40-24-5-1-4-23(20-24)29-7-3-15-48(29)34-13-12-32-41-22-31(50(32)45-34)28-6-2-8-33(43-28)46-16-18-47(19-17-46)39(55)42-25-9-10-26-27(21-25)38(54)49(37(26)53)30-11-14-35(51)44-36(30)52/h1-2,4-6,8-10,12-13,20-22,29-30H,3,7,11,14-19H2,(H,42,55)(H,44,51,52)/t29-,30?/m1/s1. The zero-order chi connectivity index (χ0) is 37.8. The Morgan fingerprint density at radius 3 is 2.45 bits per heavy atom. The molecule has 2 N–H and O–H groups in total. The molecule has 3 saturated heterocycles. The van der Waals surface area contributed by atoms with Crippen molar-refractivity contribution in [3.63, 3.8) is 0 Å². The molecule has 55 heavy (non-hydrogen) atoms. The maximum atomic E-state index is 14.1. The van der Waals surface area contributed by atoms with Crippen LogP contribution in [0.1, 0.15) is 58.0 Å². The second kappa shape index (κ2) is 13.6. The van der Waals surface area contributed by atoms with Crippen LogP contribution in [-0.4, -0.2) is 97.8 Å². The lowest BCUT2D eigenvalue weighted by Crippen LogP contribution is -2.54. The fourth-order valence-electron chi connectivity index (χ4n) is 7.92. The average Bonchev–Trinajstić information content (AvgIpc) is 3.92. The minimum atomic E-state index is -1.07. The second-order valence-corrected chi connectivity index (χ2v) is 14.0. The first-order valence-electron chi connectivity index (χ1n) is 18.2. The molecular formula is C39H35FN10O5. The number of carbonyl (C=O) groups excluding carboxylic acids is 5. The Morgan fingerprint density at radius 1 is 0.818 bits per heavy atom. The molecule has 0 saturated carbocycles. The van der Waals surface area contributed by atoms with Crippen LogP contribution < -0.4 is 20.4 Å². The van der Waals surface area contributed by atoms with E-state index in [9.17, 15) is 28.4 Å². The van der Waals surface area contributed by atoms with E-state index in [4.69, 9.17) is 10.1 Å². The molecule has 7 heterocycles. The van der Waals surface area contributed by atoms with Crippen LogP contribution in [-0.2, 0) is 9.59 Å². The number of hydrogen-bond acceptors (Lipinski definition) is 10. The van der Waals surface area contributed by atoms with Crippen molar-refractivity contribution < 1.29 is 28.4 Å². The van der Waals surface area contributed by atoms with E-state index >= 15 is 0 Å². The highest BCUT2D eigenvalue weighted by Gasteiger charge is 2.44. The third-order valence-electron chi connectivity index (χ3n) is 10.7. The third kappa shape index (κ3) is 6.18. The van der Waals surface area contributed by atoms with Crippen molar-refractivity contribution in [2.24, 2.45) is 0 Å². The molecule has 9 rings (SSSR count). The Balaban J connectivity index is 0.858. The predicted molar refractivity (Wildman–Crippen MR) is 198 cm³/mol. The maximum Gasteiger partial charge on any atom is 0.321 e. The molecule has 2 atom stereocenters. The number of pyridine rings is 1. The van der Waals surface area contributed by atoms with Gasteiger partial charge in [-0.05, 0) is 79.4 Å². The van der Waals surface area contributed by atoms with Gasteiger partial charge in [-0.1, -0.05) is 18.2 Å². The van der Waals surface area contributed by atoms with Crippen LogP contribution >= 0.6 is 0 Å². The number of fused-ring (bicyclic) bond motifs is 2. The quantitative estimate of drug-likeness (QED) is 0.243. The van der Waals surface area contributed by atoms with Gasteiger partial charge < -0.3 is 20.0 Å². The number of anilines is 3. The fraction of sp³-hybridized carbons (Fsp3) is 0.282. The Labute approximate surface area is 313 Å². The summed E-state index contributed by atoms with van der Waals surface area (Å²) in [6.07, 6.45) is 3.72. The number of halogens is 1. The number of imidazole rings is 1. The summed E-state index contributed by atoms with van der Waals surface area (Å²) in [5, 5.41) is 9.99. The number of rotatable bonds is 6. The van der Waals surface area contributed by atoms with E-state index < -0.39 is 29.7 Å². The van der Waals surface area contributed by atoms with Gasteiger partial charge in [0.25, 0.3) is 11.8 Å². The molecule has 6 amide bonds. The largest absolute Gasteiger partial charge is 0.353 e. The van der Waals surface area contributed by atoms with E-state index in [1.165, 1.54) is 18.2 Å². The number of carbonyl (C=O) groups is 5. The summed E-state index contributed by atoms with van der Waals surface area (Å²) in [5.41, 5.74) is 3.59. The molecule has 16 heteroatoms. The Hall–Kier alpha value is -6.71. The molecule has 15 nitrogen and oxygen atoms in total. The highest BCUT2D eigenvalue weighted by molar-refractivity contribution is 6.24. The number of piperidine rings is 1. The van der Waals surface area contributed by atoms with Crippen LogP contribution in [0.3, 0.4) is 0 Å². The van der Waals surface area contributed by atoms with Crippen molar-refractivity contribution in [3.8, 4) is 11.4 Å². The Bertz CT molecular complexity index is 2410. The lowest BCUT2D eigenvalue weighted by atomic mass is 10.0. The smallest absolute Gasteiger partial charge is 0.321 e. The first kappa shape index (κ1) is 34.1. The van der Waals surface area contributed by atoms with E-state index in [2.05, 4.69) is 25.4 Å². The number of piperazine rings is 1. The minimum absolute atomic E-state index is 0.0240. The molecule has 4 aliphatic heterocycles. The molecule has 3 fully saturated rings. The zero-order valence-corrected chi connectivity index (χ0v) is 29.5. The van der Waals surface area contributed by atoms with E-state index in [0.29, 0.717) is 43.2 Å². The lowest BCUT2D eigenvalue weighted by molar-refractivity contribution is -0.136. The second-order valence-electron chi connectivity index (χ2n) is 14.0. The van der Waals surface area contributed by atoms with Crippen molar-refractivity contribution in [2.75, 3.05) is 47.8 Å². The SMILES string of the molecule is O=C1CCC(N2C(=O)c3ccc(NC(=O)N4CCN(c5cccc(-c6cnc7ccc(N8CCC[C@@H]8c8cccc(F)c8)nn67)n5)CC4)cc3C2=O)C(=O)N1. The van der Waals surface area contributed by atoms with Gasteiger partial charge in [0.15, 0.2) is 5.65 Å². The molecule has 278 valence electrons. The Morgan fingerprint density at radius 2 is 1.64 bits per heavy atom. The summed E-state index contributed by atoms with van der Waals surface area (Å²) in [7, 11) is 0. The maximum absolute atomic E-state index is 14.1. The predicted octanol–water partition coefficient (Wildman–Crippen LogP) is 4.03. The van der Waals surface area contributed by atoms with Crippen molar-refractivity contribution in [3.05, 3.63) is 102 Å². The molecule has 0 spiro atoms. The average molecular weight is 743 g/mol. The molecule has 2 aromatic carbocycles. The zero-order valence-electron chi connectivity index (χ0n) is 29.5. The molecule has 0 bridgehead atoms. The number of nitrogens with zero attached hydrogens (tertiary/aromatic N) is 8. The lowest BCUT2D eigenvalue weighted by Gasteiger charge is -2.35. The van der Waals surface area contributed by atoms with Crippen LogP contribution in [0.25, 0.3) is 17.0 Å². The van der Waals surface area contributed by atoms with Gasteiger partial charge in [-0.3, -0.25) is 29.4 Å². The van der Waals surface area contributed by atoms with Crippen LogP contribution in [0.5, 0.6) is 0 Å². The minimum Gasteiger partial charge on any atom is -0.353 e. The van der Waals surface area contributed by atoms with Gasteiger partial charge in [-0.25, -0.2) is 23.7 Å². The van der Waals surface area contributed by atoms with E-state index in [0.717, 1.165) is 47.2 Å². The van der Waals surface area contributed by atoms with E-state index in [1.807, 2.05) is 36.4 Å². The molecule has 0 radical (unpaired) electrons. The summed E-state index contributed by atoms with van der Waals surface area (Å²) in [4.78, 5) is 80.0. The number of benzene rings is 2. The normalized spacial score (nSPS) is 20.0. The van der Waals surface area contributed by atoms with Crippen LogP contribution in [0.4, 0.5) is 26.5 Å². The van der Waals surface area contributed by atoms with Crippen molar-refractivity contribution in [1.29, 1.82) is 0 Å². The monoisotopic (exact) mass is 742 g/mol. The number of imide groups is 2.